The van der Waals surface area contributed by atoms with E-state index in [1.165, 1.54) is 0 Å². The van der Waals surface area contributed by atoms with Gasteiger partial charge in [0.2, 0.25) is 5.91 Å². The highest BCUT2D eigenvalue weighted by Crippen LogP contribution is 2.09. The third-order valence-electron chi connectivity index (χ3n) is 2.10. The quantitative estimate of drug-likeness (QED) is 0.766. The second-order valence-electron chi connectivity index (χ2n) is 3.86. The van der Waals surface area contributed by atoms with E-state index in [1.807, 2.05) is 0 Å². The summed E-state index contributed by atoms with van der Waals surface area (Å²) in [4.78, 5) is 15.5. The lowest BCUT2D eigenvalue weighted by molar-refractivity contribution is -0.117. The number of nitrogens with two attached hydrogens (primary N) is 1. The Balaban J connectivity index is 2.55. The van der Waals surface area contributed by atoms with Crippen LogP contribution in [0.3, 0.4) is 0 Å². The minimum Gasteiger partial charge on any atom is -0.320 e. The molecule has 0 saturated carbocycles. The first kappa shape index (κ1) is 14.9. The van der Waals surface area contributed by atoms with Gasteiger partial charge in [-0.15, -0.1) is 0 Å². The predicted octanol–water partition coefficient (Wildman–Crippen LogP) is 0.436. The highest BCUT2D eigenvalue weighted by molar-refractivity contribution is 7.90. The van der Waals surface area contributed by atoms with Crippen LogP contribution in [0.25, 0.3) is 0 Å². The maximum Gasteiger partial charge on any atom is 0.242 e. The van der Waals surface area contributed by atoms with Gasteiger partial charge < -0.3 is 11.1 Å². The molecule has 1 unspecified atom stereocenters. The molecule has 0 radical (unpaired) electrons. The number of rotatable bonds is 5. The Hall–Kier alpha value is -1.18. The van der Waals surface area contributed by atoms with Crippen molar-refractivity contribution in [3.63, 3.8) is 0 Å². The second-order valence-corrected chi connectivity index (χ2v) is 6.51. The molecular weight excluding hydrogens is 278 g/mol. The number of pyridine rings is 1. The van der Waals surface area contributed by atoms with E-state index in [0.717, 1.165) is 6.26 Å². The maximum atomic E-state index is 11.6. The number of hydrogen-bond acceptors (Lipinski definition) is 5. The minimum atomic E-state index is -3.13. The van der Waals surface area contributed by atoms with Crippen molar-refractivity contribution in [3.8, 4) is 0 Å². The molecule has 0 aliphatic carbocycles. The number of carbonyl (C=O) groups excluding carboxylic acids is 1. The van der Waals surface area contributed by atoms with Gasteiger partial charge in [0, 0.05) is 6.26 Å². The van der Waals surface area contributed by atoms with E-state index in [4.69, 9.17) is 17.3 Å². The number of amides is 1. The fourth-order valence-electron chi connectivity index (χ4n) is 1.17. The topological polar surface area (TPSA) is 102 Å². The molecular formula is C10H14ClN3O3S. The van der Waals surface area contributed by atoms with Crippen LogP contribution in [-0.2, 0) is 14.6 Å². The number of hydrogen-bond donors (Lipinski definition) is 2. The fraction of sp³-hybridized carbons (Fsp3) is 0.400. The van der Waals surface area contributed by atoms with Crippen LogP contribution in [0.5, 0.6) is 0 Å². The molecule has 0 aromatic carbocycles. The van der Waals surface area contributed by atoms with Crippen LogP contribution in [0.2, 0.25) is 5.15 Å². The van der Waals surface area contributed by atoms with Gasteiger partial charge >= 0.3 is 0 Å². The molecule has 1 amide bonds. The largest absolute Gasteiger partial charge is 0.320 e. The van der Waals surface area contributed by atoms with Crippen molar-refractivity contribution in [1.29, 1.82) is 0 Å². The fourth-order valence-corrected chi connectivity index (χ4v) is 2.01. The Labute approximate surface area is 110 Å². The van der Waals surface area contributed by atoms with Crippen molar-refractivity contribution < 1.29 is 13.2 Å². The van der Waals surface area contributed by atoms with Crippen LogP contribution < -0.4 is 11.1 Å². The second kappa shape index (κ2) is 6.12. The van der Waals surface area contributed by atoms with E-state index in [9.17, 15) is 13.2 Å². The predicted molar refractivity (Wildman–Crippen MR) is 70.2 cm³/mol. The molecule has 8 heteroatoms. The monoisotopic (exact) mass is 291 g/mol. The van der Waals surface area contributed by atoms with Gasteiger partial charge in [0.1, 0.15) is 20.8 Å². The minimum absolute atomic E-state index is 0.0607. The first-order valence-corrected chi connectivity index (χ1v) is 7.58. The average molecular weight is 292 g/mol. The number of sulfone groups is 1. The molecule has 0 bridgehead atoms. The summed E-state index contributed by atoms with van der Waals surface area (Å²) in [6.45, 7) is 0. The Kier molecular flexibility index (Phi) is 5.06. The zero-order valence-electron chi connectivity index (χ0n) is 9.76. The summed E-state index contributed by atoms with van der Waals surface area (Å²) < 4.78 is 21.9. The molecule has 1 aromatic rings. The first-order chi connectivity index (χ1) is 8.28. The van der Waals surface area contributed by atoms with Gasteiger partial charge in [0.25, 0.3) is 0 Å². The number of aromatic nitrogens is 1. The van der Waals surface area contributed by atoms with Crippen LogP contribution in [0, 0.1) is 0 Å². The first-order valence-electron chi connectivity index (χ1n) is 5.14. The summed E-state index contributed by atoms with van der Waals surface area (Å²) >= 11 is 5.66. The van der Waals surface area contributed by atoms with E-state index in [0.29, 0.717) is 0 Å². The summed E-state index contributed by atoms with van der Waals surface area (Å²) in [6.07, 6.45) is 1.15. The van der Waals surface area contributed by atoms with Crippen molar-refractivity contribution in [2.75, 3.05) is 17.3 Å². The molecule has 0 spiro atoms. The van der Waals surface area contributed by atoms with Crippen molar-refractivity contribution in [2.24, 2.45) is 5.73 Å². The standard InChI is InChI=1S/C10H14ClN3O3S/c1-18(16,17)6-5-7(12)10(15)14-9-4-2-3-8(11)13-9/h2-4,7H,5-6,12H2,1H3,(H,13,14,15). The van der Waals surface area contributed by atoms with E-state index in [2.05, 4.69) is 10.3 Å². The van der Waals surface area contributed by atoms with Crippen LogP contribution in [0.1, 0.15) is 6.42 Å². The number of nitrogens with one attached hydrogen (secondary N) is 1. The van der Waals surface area contributed by atoms with Crippen LogP contribution in [0.4, 0.5) is 5.82 Å². The normalized spacial score (nSPS) is 13.1. The molecule has 6 nitrogen and oxygen atoms in total. The van der Waals surface area contributed by atoms with E-state index in [1.54, 1.807) is 18.2 Å². The van der Waals surface area contributed by atoms with Gasteiger partial charge in [-0.1, -0.05) is 17.7 Å². The van der Waals surface area contributed by atoms with Gasteiger partial charge in [-0.3, -0.25) is 4.79 Å². The third-order valence-corrected chi connectivity index (χ3v) is 3.29. The summed E-state index contributed by atoms with van der Waals surface area (Å²) in [5, 5.41) is 2.71. The molecule has 0 aliphatic heterocycles. The van der Waals surface area contributed by atoms with Gasteiger partial charge in [-0.25, -0.2) is 13.4 Å². The lowest BCUT2D eigenvalue weighted by Gasteiger charge is -2.11. The Morgan fingerprint density at radius 1 is 1.56 bits per heavy atom. The van der Waals surface area contributed by atoms with Gasteiger partial charge in [0.15, 0.2) is 0 Å². The Bertz CT molecular complexity index is 533. The van der Waals surface area contributed by atoms with E-state index < -0.39 is 21.8 Å². The van der Waals surface area contributed by atoms with Gasteiger partial charge in [0.05, 0.1) is 11.8 Å². The lowest BCUT2D eigenvalue weighted by atomic mass is 10.2. The number of halogens is 1. The highest BCUT2D eigenvalue weighted by atomic mass is 35.5. The SMILES string of the molecule is CS(=O)(=O)CCC(N)C(=O)Nc1cccc(Cl)n1. The van der Waals surface area contributed by atoms with Crippen molar-refractivity contribution in [3.05, 3.63) is 23.4 Å². The zero-order chi connectivity index (χ0) is 13.8. The summed E-state index contributed by atoms with van der Waals surface area (Å²) in [5.41, 5.74) is 5.57. The van der Waals surface area contributed by atoms with Crippen LogP contribution >= 0.6 is 11.6 Å². The summed E-state index contributed by atoms with van der Waals surface area (Å²) in [5.74, 6) is -0.347. The smallest absolute Gasteiger partial charge is 0.242 e. The maximum absolute atomic E-state index is 11.6. The third kappa shape index (κ3) is 5.44. The molecule has 1 rings (SSSR count). The Morgan fingerprint density at radius 2 is 2.22 bits per heavy atom. The summed E-state index contributed by atoms with van der Waals surface area (Å²) in [6, 6.07) is 3.86. The average Bonchev–Trinajstić information content (AvgIpc) is 2.24. The number of carbonyl (C=O) groups is 1. The van der Waals surface area contributed by atoms with Crippen LogP contribution in [-0.4, -0.2) is 37.4 Å². The molecule has 18 heavy (non-hydrogen) atoms. The molecule has 100 valence electrons. The Morgan fingerprint density at radius 3 is 2.78 bits per heavy atom. The molecule has 0 aliphatic rings. The van der Waals surface area contributed by atoms with E-state index >= 15 is 0 Å². The zero-order valence-corrected chi connectivity index (χ0v) is 11.3. The summed E-state index contributed by atoms with van der Waals surface area (Å²) in [7, 11) is -3.13. The highest BCUT2D eigenvalue weighted by Gasteiger charge is 2.16. The van der Waals surface area contributed by atoms with Crippen molar-refractivity contribution in [2.45, 2.75) is 12.5 Å². The number of anilines is 1. The van der Waals surface area contributed by atoms with Gasteiger partial charge in [-0.05, 0) is 18.6 Å². The molecule has 1 atom stereocenters. The lowest BCUT2D eigenvalue weighted by Crippen LogP contribution is -2.37. The molecule has 1 aromatic heterocycles. The number of nitrogens with zero attached hydrogens (tertiary/aromatic N) is 1. The van der Waals surface area contributed by atoms with Crippen molar-refractivity contribution in [1.82, 2.24) is 4.98 Å². The van der Waals surface area contributed by atoms with Gasteiger partial charge in [-0.2, -0.15) is 0 Å². The molecule has 1 heterocycles. The van der Waals surface area contributed by atoms with E-state index in [-0.39, 0.29) is 23.1 Å². The molecule has 0 saturated heterocycles. The molecule has 0 fully saturated rings. The van der Waals surface area contributed by atoms with Crippen LogP contribution in [0.15, 0.2) is 18.2 Å². The molecule has 3 N–H and O–H groups in total. The van der Waals surface area contributed by atoms with Crippen molar-refractivity contribution >= 4 is 33.2 Å².